The van der Waals surface area contributed by atoms with Crippen molar-refractivity contribution in [2.45, 2.75) is 11.8 Å². The normalized spacial score (nSPS) is 15.3. The van der Waals surface area contributed by atoms with E-state index >= 15 is 0 Å². The first-order valence-corrected chi connectivity index (χ1v) is 11.0. The quantitative estimate of drug-likeness (QED) is 0.666. The molecule has 0 amide bonds. The molecule has 0 aliphatic carbocycles. The van der Waals surface area contributed by atoms with E-state index in [9.17, 15) is 8.42 Å². The summed E-state index contributed by atoms with van der Waals surface area (Å²) < 4.78 is 32.9. The van der Waals surface area contributed by atoms with Crippen molar-refractivity contribution in [3.8, 4) is 0 Å². The third kappa shape index (κ3) is 5.05. The summed E-state index contributed by atoms with van der Waals surface area (Å²) in [5.74, 6) is 0. The number of halogens is 1. The highest BCUT2D eigenvalue weighted by Gasteiger charge is 2.26. The molecule has 0 atom stereocenters. The molecule has 1 saturated heterocycles. The number of nitrogens with one attached hydrogen (secondary N) is 2. The largest absolute Gasteiger partial charge is 0.379 e. The maximum atomic E-state index is 12.6. The fourth-order valence-electron chi connectivity index (χ4n) is 2.70. The Labute approximate surface area is 173 Å². The van der Waals surface area contributed by atoms with Crippen molar-refractivity contribution < 1.29 is 13.2 Å². The van der Waals surface area contributed by atoms with Crippen LogP contribution < -0.4 is 10.6 Å². The lowest BCUT2D eigenvalue weighted by Crippen LogP contribution is -2.40. The number of hydrogen-bond acceptors (Lipinski definition) is 4. The Morgan fingerprint density at radius 3 is 2.41 bits per heavy atom. The zero-order chi connectivity index (χ0) is 19.4. The van der Waals surface area contributed by atoms with Crippen LogP contribution in [0, 0.1) is 6.92 Å². The van der Waals surface area contributed by atoms with Crippen molar-refractivity contribution in [3.63, 3.8) is 0 Å². The highest BCUT2D eigenvalue weighted by atomic mass is 79.9. The van der Waals surface area contributed by atoms with Gasteiger partial charge in [-0.15, -0.1) is 0 Å². The predicted octanol–water partition coefficient (Wildman–Crippen LogP) is 3.59. The average Bonchev–Trinajstić information content (AvgIpc) is 2.65. The molecule has 9 heteroatoms. The second-order valence-electron chi connectivity index (χ2n) is 6.08. The molecule has 3 rings (SSSR count). The molecule has 27 heavy (non-hydrogen) atoms. The first-order valence-electron chi connectivity index (χ1n) is 8.38. The maximum absolute atomic E-state index is 12.6. The zero-order valence-electron chi connectivity index (χ0n) is 14.7. The number of morpholine rings is 1. The molecule has 2 aromatic carbocycles. The molecule has 2 aromatic rings. The molecule has 0 unspecified atom stereocenters. The van der Waals surface area contributed by atoms with E-state index in [1.54, 1.807) is 24.3 Å². The Balaban J connectivity index is 1.65. The fourth-order valence-corrected chi connectivity index (χ4v) is 4.81. The lowest BCUT2D eigenvalue weighted by atomic mass is 10.2. The van der Waals surface area contributed by atoms with Crippen LogP contribution in [0.4, 0.5) is 11.4 Å². The summed E-state index contributed by atoms with van der Waals surface area (Å²) >= 11 is 8.78. The molecule has 1 fully saturated rings. The minimum Gasteiger partial charge on any atom is -0.379 e. The molecular weight excluding hydrogens is 450 g/mol. The molecule has 0 radical (unpaired) electrons. The lowest BCUT2D eigenvalue weighted by molar-refractivity contribution is 0.0730. The van der Waals surface area contributed by atoms with E-state index in [2.05, 4.69) is 26.6 Å². The van der Waals surface area contributed by atoms with E-state index in [0.29, 0.717) is 37.1 Å². The molecule has 0 aromatic heterocycles. The molecule has 144 valence electrons. The van der Waals surface area contributed by atoms with Crippen LogP contribution in [-0.2, 0) is 14.8 Å². The monoisotopic (exact) mass is 469 g/mol. The van der Waals surface area contributed by atoms with Crippen molar-refractivity contribution in [1.29, 1.82) is 0 Å². The molecular formula is C18H20BrN3O3S2. The van der Waals surface area contributed by atoms with E-state index < -0.39 is 10.0 Å². The fraction of sp³-hybridized carbons (Fsp3) is 0.278. The zero-order valence-corrected chi connectivity index (χ0v) is 18.0. The van der Waals surface area contributed by atoms with Crippen LogP contribution >= 0.6 is 28.1 Å². The highest BCUT2D eigenvalue weighted by Crippen LogP contribution is 2.22. The van der Waals surface area contributed by atoms with Crippen molar-refractivity contribution in [1.82, 2.24) is 4.31 Å². The number of thiocarbonyl (C=S) groups is 1. The van der Waals surface area contributed by atoms with Crippen LogP contribution in [0.2, 0.25) is 0 Å². The molecule has 2 N–H and O–H groups in total. The van der Waals surface area contributed by atoms with Crippen LogP contribution in [0.5, 0.6) is 0 Å². The third-order valence-electron chi connectivity index (χ3n) is 4.16. The van der Waals surface area contributed by atoms with Gasteiger partial charge in [0.05, 0.1) is 18.1 Å². The summed E-state index contributed by atoms with van der Waals surface area (Å²) in [4.78, 5) is 0.262. The lowest BCUT2D eigenvalue weighted by Gasteiger charge is -2.26. The van der Waals surface area contributed by atoms with Gasteiger partial charge >= 0.3 is 0 Å². The summed E-state index contributed by atoms with van der Waals surface area (Å²) in [6.07, 6.45) is 0. The van der Waals surface area contributed by atoms with Gasteiger partial charge in [0.2, 0.25) is 10.0 Å². The minimum atomic E-state index is -3.49. The van der Waals surface area contributed by atoms with E-state index in [1.807, 2.05) is 25.1 Å². The number of benzene rings is 2. The summed E-state index contributed by atoms with van der Waals surface area (Å²) in [7, 11) is -3.49. The molecule has 1 aliphatic rings. The van der Waals surface area contributed by atoms with Crippen LogP contribution in [0.1, 0.15) is 5.56 Å². The van der Waals surface area contributed by atoms with Gasteiger partial charge in [0.15, 0.2) is 5.11 Å². The summed E-state index contributed by atoms with van der Waals surface area (Å²) in [6.45, 7) is 3.59. The average molecular weight is 470 g/mol. The molecule has 1 aliphatic heterocycles. The number of rotatable bonds is 4. The Bertz CT molecular complexity index is 927. The van der Waals surface area contributed by atoms with Gasteiger partial charge in [-0.2, -0.15) is 4.31 Å². The number of nitrogens with zero attached hydrogens (tertiary/aromatic N) is 1. The summed E-state index contributed by atoms with van der Waals surface area (Å²) in [5.41, 5.74) is 2.67. The first kappa shape index (κ1) is 20.2. The summed E-state index contributed by atoms with van der Waals surface area (Å²) in [6, 6.07) is 12.4. The van der Waals surface area contributed by atoms with Crippen molar-refractivity contribution >= 4 is 54.7 Å². The predicted molar refractivity (Wildman–Crippen MR) is 115 cm³/mol. The standard InChI is InChI=1S/C18H20BrN3O3S2/c1-13-12-14(19)2-7-17(13)21-18(26)20-15-3-5-16(6-4-15)27(23,24)22-8-10-25-11-9-22/h2-7,12H,8-11H2,1H3,(H2,20,21,26). The number of aryl methyl sites for hydroxylation is 1. The van der Waals surface area contributed by atoms with Crippen molar-refractivity contribution in [2.75, 3.05) is 36.9 Å². The number of ether oxygens (including phenoxy) is 1. The second-order valence-corrected chi connectivity index (χ2v) is 9.34. The Morgan fingerprint density at radius 1 is 1.11 bits per heavy atom. The Kier molecular flexibility index (Phi) is 6.48. The number of anilines is 2. The minimum absolute atomic E-state index is 0.262. The van der Waals surface area contributed by atoms with E-state index in [4.69, 9.17) is 17.0 Å². The van der Waals surface area contributed by atoms with Crippen LogP contribution in [-0.4, -0.2) is 44.1 Å². The Morgan fingerprint density at radius 2 is 1.78 bits per heavy atom. The van der Waals surface area contributed by atoms with Gasteiger partial charge in [-0.25, -0.2) is 8.42 Å². The van der Waals surface area contributed by atoms with Gasteiger partial charge in [-0.1, -0.05) is 15.9 Å². The molecule has 0 bridgehead atoms. The number of sulfonamides is 1. The molecule has 6 nitrogen and oxygen atoms in total. The topological polar surface area (TPSA) is 70.7 Å². The van der Waals surface area contributed by atoms with Gasteiger partial charge < -0.3 is 15.4 Å². The van der Waals surface area contributed by atoms with Gasteiger partial charge in [0.25, 0.3) is 0 Å². The molecule has 0 spiro atoms. The van der Waals surface area contributed by atoms with E-state index in [1.165, 1.54) is 4.31 Å². The van der Waals surface area contributed by atoms with Crippen LogP contribution in [0.25, 0.3) is 0 Å². The van der Waals surface area contributed by atoms with Gasteiger partial charge in [-0.05, 0) is 67.2 Å². The third-order valence-corrected chi connectivity index (χ3v) is 6.77. The molecule has 1 heterocycles. The van der Waals surface area contributed by atoms with Crippen LogP contribution in [0.3, 0.4) is 0 Å². The maximum Gasteiger partial charge on any atom is 0.243 e. The SMILES string of the molecule is Cc1cc(Br)ccc1NC(=S)Nc1ccc(S(=O)(=O)N2CCOCC2)cc1. The number of hydrogen-bond donors (Lipinski definition) is 2. The van der Waals surface area contributed by atoms with Gasteiger partial charge in [0.1, 0.15) is 0 Å². The second kappa shape index (κ2) is 8.66. The molecule has 0 saturated carbocycles. The van der Waals surface area contributed by atoms with Gasteiger partial charge in [0, 0.05) is 28.9 Å². The van der Waals surface area contributed by atoms with Crippen molar-refractivity contribution in [2.24, 2.45) is 0 Å². The van der Waals surface area contributed by atoms with Crippen molar-refractivity contribution in [3.05, 3.63) is 52.5 Å². The summed E-state index contributed by atoms with van der Waals surface area (Å²) in [5, 5.41) is 6.65. The van der Waals surface area contributed by atoms with Gasteiger partial charge in [-0.3, -0.25) is 0 Å². The Hall–Kier alpha value is -1.52. The highest BCUT2D eigenvalue weighted by molar-refractivity contribution is 9.10. The van der Waals surface area contributed by atoms with E-state index in [0.717, 1.165) is 15.7 Å². The first-order chi connectivity index (χ1) is 12.9. The van der Waals surface area contributed by atoms with E-state index in [-0.39, 0.29) is 4.90 Å². The smallest absolute Gasteiger partial charge is 0.243 e. The van der Waals surface area contributed by atoms with Crippen LogP contribution in [0.15, 0.2) is 51.8 Å².